The number of hydrogen-bond acceptors (Lipinski definition) is 4. The molecular formula is C17H26N2O3. The first kappa shape index (κ1) is 16.8. The Bertz CT molecular complexity index is 471. The average Bonchev–Trinajstić information content (AvgIpc) is 2.56. The lowest BCUT2D eigenvalue weighted by Gasteiger charge is -2.32. The van der Waals surface area contributed by atoms with Crippen molar-refractivity contribution in [2.45, 2.75) is 31.8 Å². The standard InChI is InChI=1S/C17H26N2O3/c1-21-16-6-3-2-5-14(16)13-17(20)19-10-7-15(8-11-19)22-12-4-9-18/h2-3,5-6,15H,4,7-13,18H2,1H3. The zero-order valence-electron chi connectivity index (χ0n) is 13.3. The van der Waals surface area contributed by atoms with Crippen LogP contribution in [-0.4, -0.2) is 50.3 Å². The summed E-state index contributed by atoms with van der Waals surface area (Å²) in [6.07, 6.45) is 3.36. The zero-order valence-corrected chi connectivity index (χ0v) is 13.3. The summed E-state index contributed by atoms with van der Waals surface area (Å²) in [7, 11) is 1.63. The molecule has 0 atom stereocenters. The summed E-state index contributed by atoms with van der Waals surface area (Å²) in [4.78, 5) is 14.3. The van der Waals surface area contributed by atoms with E-state index in [0.717, 1.165) is 50.3 Å². The number of nitrogens with two attached hydrogens (primary N) is 1. The van der Waals surface area contributed by atoms with Crippen molar-refractivity contribution in [3.05, 3.63) is 29.8 Å². The fraction of sp³-hybridized carbons (Fsp3) is 0.588. The maximum absolute atomic E-state index is 12.4. The summed E-state index contributed by atoms with van der Waals surface area (Å²) < 4.78 is 11.1. The van der Waals surface area contributed by atoms with Crippen LogP contribution < -0.4 is 10.5 Å². The molecule has 1 aromatic rings. The number of carbonyl (C=O) groups excluding carboxylic acids is 1. The highest BCUT2D eigenvalue weighted by atomic mass is 16.5. The average molecular weight is 306 g/mol. The Labute approximate surface area is 132 Å². The Hall–Kier alpha value is -1.59. The fourth-order valence-corrected chi connectivity index (χ4v) is 2.73. The van der Waals surface area contributed by atoms with Gasteiger partial charge in [-0.1, -0.05) is 18.2 Å². The number of amides is 1. The number of hydrogen-bond donors (Lipinski definition) is 1. The fourth-order valence-electron chi connectivity index (χ4n) is 2.73. The first-order valence-corrected chi connectivity index (χ1v) is 7.96. The van der Waals surface area contributed by atoms with Crippen LogP contribution in [0.3, 0.4) is 0 Å². The molecule has 1 heterocycles. The number of likely N-dealkylation sites (tertiary alicyclic amines) is 1. The number of nitrogens with zero attached hydrogens (tertiary/aromatic N) is 1. The third-order valence-corrected chi connectivity index (χ3v) is 4.03. The summed E-state index contributed by atoms with van der Waals surface area (Å²) >= 11 is 0. The van der Waals surface area contributed by atoms with E-state index in [9.17, 15) is 4.79 Å². The van der Waals surface area contributed by atoms with Gasteiger partial charge in [-0.2, -0.15) is 0 Å². The van der Waals surface area contributed by atoms with E-state index in [1.807, 2.05) is 29.2 Å². The highest BCUT2D eigenvalue weighted by Gasteiger charge is 2.23. The maximum Gasteiger partial charge on any atom is 0.227 e. The molecule has 22 heavy (non-hydrogen) atoms. The SMILES string of the molecule is COc1ccccc1CC(=O)N1CCC(OCCCN)CC1. The lowest BCUT2D eigenvalue weighted by atomic mass is 10.1. The Morgan fingerprint density at radius 3 is 2.73 bits per heavy atom. The topological polar surface area (TPSA) is 64.8 Å². The molecular weight excluding hydrogens is 280 g/mol. The second-order valence-electron chi connectivity index (χ2n) is 5.58. The lowest BCUT2D eigenvalue weighted by Crippen LogP contribution is -2.41. The summed E-state index contributed by atoms with van der Waals surface area (Å²) in [6, 6.07) is 7.68. The number of rotatable bonds is 7. The maximum atomic E-state index is 12.4. The van der Waals surface area contributed by atoms with Crippen molar-refractivity contribution >= 4 is 5.91 Å². The van der Waals surface area contributed by atoms with Crippen LogP contribution in [0.4, 0.5) is 0 Å². The molecule has 1 aromatic carbocycles. The molecule has 1 saturated heterocycles. The second kappa shape index (κ2) is 8.76. The molecule has 1 aliphatic rings. The molecule has 5 heteroatoms. The first-order valence-electron chi connectivity index (χ1n) is 7.96. The van der Waals surface area contributed by atoms with Crippen LogP contribution in [0.15, 0.2) is 24.3 Å². The molecule has 0 unspecified atom stereocenters. The van der Waals surface area contributed by atoms with Crippen molar-refractivity contribution in [2.75, 3.05) is 33.4 Å². The monoisotopic (exact) mass is 306 g/mol. The van der Waals surface area contributed by atoms with Crippen molar-refractivity contribution in [2.24, 2.45) is 5.73 Å². The van der Waals surface area contributed by atoms with E-state index >= 15 is 0 Å². The van der Waals surface area contributed by atoms with E-state index in [2.05, 4.69) is 0 Å². The van der Waals surface area contributed by atoms with E-state index in [-0.39, 0.29) is 12.0 Å². The summed E-state index contributed by atoms with van der Waals surface area (Å²) in [6.45, 7) is 2.91. The van der Waals surface area contributed by atoms with Gasteiger partial charge in [0.25, 0.3) is 0 Å². The van der Waals surface area contributed by atoms with Crippen LogP contribution in [0.25, 0.3) is 0 Å². The number of benzene rings is 1. The predicted molar refractivity (Wildman–Crippen MR) is 85.9 cm³/mol. The molecule has 1 amide bonds. The van der Waals surface area contributed by atoms with Crippen molar-refractivity contribution in [1.82, 2.24) is 4.90 Å². The van der Waals surface area contributed by atoms with Gasteiger partial charge in [0.15, 0.2) is 0 Å². The molecule has 0 spiro atoms. The van der Waals surface area contributed by atoms with Gasteiger partial charge in [-0.15, -0.1) is 0 Å². The van der Waals surface area contributed by atoms with Gasteiger partial charge in [0.05, 0.1) is 19.6 Å². The van der Waals surface area contributed by atoms with Gasteiger partial charge in [-0.3, -0.25) is 4.79 Å². The largest absolute Gasteiger partial charge is 0.496 e. The third-order valence-electron chi connectivity index (χ3n) is 4.03. The first-order chi connectivity index (χ1) is 10.7. The van der Waals surface area contributed by atoms with Crippen LogP contribution in [0.5, 0.6) is 5.75 Å². The second-order valence-corrected chi connectivity index (χ2v) is 5.58. The highest BCUT2D eigenvalue weighted by Crippen LogP contribution is 2.20. The van der Waals surface area contributed by atoms with E-state index in [1.54, 1.807) is 7.11 Å². The van der Waals surface area contributed by atoms with Crippen LogP contribution in [0.1, 0.15) is 24.8 Å². The normalized spacial score (nSPS) is 15.8. The molecule has 5 nitrogen and oxygen atoms in total. The smallest absolute Gasteiger partial charge is 0.227 e. The minimum absolute atomic E-state index is 0.157. The molecule has 2 rings (SSSR count). The van der Waals surface area contributed by atoms with Crippen molar-refractivity contribution in [3.63, 3.8) is 0 Å². The van der Waals surface area contributed by atoms with E-state index in [4.69, 9.17) is 15.2 Å². The quantitative estimate of drug-likeness (QED) is 0.777. The van der Waals surface area contributed by atoms with Gasteiger partial charge in [0, 0.05) is 25.3 Å². The summed E-state index contributed by atoms with van der Waals surface area (Å²) in [5, 5.41) is 0. The molecule has 0 bridgehead atoms. The number of piperidine rings is 1. The van der Waals surface area contributed by atoms with Crippen LogP contribution in [0.2, 0.25) is 0 Å². The van der Waals surface area contributed by atoms with Crippen molar-refractivity contribution < 1.29 is 14.3 Å². The summed E-state index contributed by atoms with van der Waals surface area (Å²) in [5.74, 6) is 0.931. The number of ether oxygens (including phenoxy) is 2. The van der Waals surface area contributed by atoms with Gasteiger partial charge >= 0.3 is 0 Å². The number of carbonyl (C=O) groups is 1. The van der Waals surface area contributed by atoms with E-state index < -0.39 is 0 Å². The van der Waals surface area contributed by atoms with Gasteiger partial charge in [-0.25, -0.2) is 0 Å². The predicted octanol–water partition coefficient (Wildman–Crippen LogP) is 1.59. The Balaban J connectivity index is 1.80. The third kappa shape index (κ3) is 4.71. The lowest BCUT2D eigenvalue weighted by molar-refractivity contribution is -0.133. The Morgan fingerprint density at radius 1 is 1.32 bits per heavy atom. The zero-order chi connectivity index (χ0) is 15.8. The molecule has 0 radical (unpaired) electrons. The summed E-state index contributed by atoms with van der Waals surface area (Å²) in [5.41, 5.74) is 6.40. The minimum atomic E-state index is 0.157. The number of methoxy groups -OCH3 is 1. The van der Waals surface area contributed by atoms with Gasteiger partial charge in [0.1, 0.15) is 5.75 Å². The molecule has 0 aromatic heterocycles. The van der Waals surface area contributed by atoms with Crippen molar-refractivity contribution in [3.8, 4) is 5.75 Å². The van der Waals surface area contributed by atoms with E-state index in [0.29, 0.717) is 13.0 Å². The van der Waals surface area contributed by atoms with Crippen LogP contribution in [-0.2, 0) is 16.0 Å². The van der Waals surface area contributed by atoms with Crippen molar-refractivity contribution in [1.29, 1.82) is 0 Å². The van der Waals surface area contributed by atoms with E-state index in [1.165, 1.54) is 0 Å². The Kier molecular flexibility index (Phi) is 6.68. The van der Waals surface area contributed by atoms with Gasteiger partial charge in [0.2, 0.25) is 5.91 Å². The Morgan fingerprint density at radius 2 is 2.05 bits per heavy atom. The molecule has 122 valence electrons. The minimum Gasteiger partial charge on any atom is -0.496 e. The van der Waals surface area contributed by atoms with Crippen LogP contribution in [0, 0.1) is 0 Å². The molecule has 1 fully saturated rings. The highest BCUT2D eigenvalue weighted by molar-refractivity contribution is 5.79. The van der Waals surface area contributed by atoms with Crippen LogP contribution >= 0.6 is 0 Å². The van der Waals surface area contributed by atoms with Gasteiger partial charge in [-0.05, 0) is 31.9 Å². The molecule has 1 aliphatic heterocycles. The van der Waals surface area contributed by atoms with Gasteiger partial charge < -0.3 is 20.1 Å². The number of para-hydroxylation sites is 1. The molecule has 2 N–H and O–H groups in total. The molecule has 0 aliphatic carbocycles. The molecule has 0 saturated carbocycles.